The van der Waals surface area contributed by atoms with Gasteiger partial charge in [-0.3, -0.25) is 4.79 Å². The molecule has 2 fully saturated rings. The SMILES string of the molecule is O=C(NCC1CCCC1O)C1CCCO1. The Morgan fingerprint density at radius 3 is 2.80 bits per heavy atom. The molecular weight excluding hydrogens is 194 g/mol. The standard InChI is InChI=1S/C11H19NO3/c13-9-4-1-3-8(9)7-12-11(14)10-5-2-6-15-10/h8-10,13H,1-7H2,(H,12,14). The molecule has 15 heavy (non-hydrogen) atoms. The van der Waals surface area contributed by atoms with Crippen LogP contribution in [0.2, 0.25) is 0 Å². The van der Waals surface area contributed by atoms with Crippen LogP contribution in [0.1, 0.15) is 32.1 Å². The van der Waals surface area contributed by atoms with Gasteiger partial charge >= 0.3 is 0 Å². The first-order valence-electron chi connectivity index (χ1n) is 5.85. The molecule has 1 saturated carbocycles. The van der Waals surface area contributed by atoms with Gasteiger partial charge in [-0.1, -0.05) is 6.42 Å². The number of amides is 1. The summed E-state index contributed by atoms with van der Waals surface area (Å²) in [6.07, 6.45) is 4.30. The summed E-state index contributed by atoms with van der Waals surface area (Å²) in [5.74, 6) is 0.238. The summed E-state index contributed by atoms with van der Waals surface area (Å²) in [5, 5.41) is 12.5. The van der Waals surface area contributed by atoms with Crippen LogP contribution < -0.4 is 5.32 Å². The van der Waals surface area contributed by atoms with Crippen molar-refractivity contribution in [1.82, 2.24) is 5.32 Å². The number of hydrogen-bond donors (Lipinski definition) is 2. The summed E-state index contributed by atoms with van der Waals surface area (Å²) >= 11 is 0. The van der Waals surface area contributed by atoms with Crippen molar-refractivity contribution in [2.75, 3.05) is 13.2 Å². The van der Waals surface area contributed by atoms with Crippen LogP contribution >= 0.6 is 0 Å². The first-order valence-corrected chi connectivity index (χ1v) is 5.85. The zero-order chi connectivity index (χ0) is 10.7. The second kappa shape index (κ2) is 4.94. The molecule has 2 aliphatic rings. The summed E-state index contributed by atoms with van der Waals surface area (Å²) in [6.45, 7) is 1.30. The molecule has 3 atom stereocenters. The van der Waals surface area contributed by atoms with Gasteiger partial charge in [0.15, 0.2) is 0 Å². The van der Waals surface area contributed by atoms with Gasteiger partial charge in [-0.15, -0.1) is 0 Å². The van der Waals surface area contributed by atoms with Crippen LogP contribution in [-0.2, 0) is 9.53 Å². The first-order chi connectivity index (χ1) is 7.27. The van der Waals surface area contributed by atoms with E-state index in [2.05, 4.69) is 5.32 Å². The van der Waals surface area contributed by atoms with Crippen molar-refractivity contribution in [2.45, 2.75) is 44.3 Å². The van der Waals surface area contributed by atoms with E-state index in [1.54, 1.807) is 0 Å². The Morgan fingerprint density at radius 2 is 2.20 bits per heavy atom. The molecule has 1 aliphatic carbocycles. The fourth-order valence-corrected chi connectivity index (χ4v) is 2.39. The van der Waals surface area contributed by atoms with Crippen molar-refractivity contribution in [2.24, 2.45) is 5.92 Å². The summed E-state index contributed by atoms with van der Waals surface area (Å²) in [4.78, 5) is 11.6. The van der Waals surface area contributed by atoms with Crippen LogP contribution in [-0.4, -0.2) is 36.4 Å². The average molecular weight is 213 g/mol. The van der Waals surface area contributed by atoms with E-state index >= 15 is 0 Å². The lowest BCUT2D eigenvalue weighted by Gasteiger charge is -2.16. The lowest BCUT2D eigenvalue weighted by molar-refractivity contribution is -0.130. The topological polar surface area (TPSA) is 58.6 Å². The van der Waals surface area contributed by atoms with Gasteiger partial charge in [-0.25, -0.2) is 0 Å². The van der Waals surface area contributed by atoms with Gasteiger partial charge in [0.2, 0.25) is 5.91 Å². The molecule has 0 aromatic heterocycles. The molecule has 0 radical (unpaired) electrons. The Labute approximate surface area is 90.0 Å². The molecule has 4 heteroatoms. The normalized spacial score (nSPS) is 35.7. The maximum Gasteiger partial charge on any atom is 0.249 e. The van der Waals surface area contributed by atoms with Crippen LogP contribution in [0, 0.1) is 5.92 Å². The monoisotopic (exact) mass is 213 g/mol. The van der Waals surface area contributed by atoms with Crippen molar-refractivity contribution >= 4 is 5.91 Å². The van der Waals surface area contributed by atoms with Gasteiger partial charge in [-0.05, 0) is 25.7 Å². The van der Waals surface area contributed by atoms with Crippen molar-refractivity contribution in [3.63, 3.8) is 0 Å². The number of rotatable bonds is 3. The molecular formula is C11H19NO3. The largest absolute Gasteiger partial charge is 0.393 e. The van der Waals surface area contributed by atoms with E-state index in [4.69, 9.17) is 4.74 Å². The highest BCUT2D eigenvalue weighted by atomic mass is 16.5. The smallest absolute Gasteiger partial charge is 0.249 e. The zero-order valence-corrected chi connectivity index (χ0v) is 8.95. The third-order valence-corrected chi connectivity index (χ3v) is 3.38. The molecule has 1 aliphatic heterocycles. The van der Waals surface area contributed by atoms with Crippen molar-refractivity contribution in [1.29, 1.82) is 0 Å². The number of hydrogen-bond acceptors (Lipinski definition) is 3. The fourth-order valence-electron chi connectivity index (χ4n) is 2.39. The van der Waals surface area contributed by atoms with Crippen LogP contribution in [0.5, 0.6) is 0 Å². The minimum absolute atomic E-state index is 0.00778. The molecule has 3 unspecified atom stereocenters. The molecule has 1 saturated heterocycles. The van der Waals surface area contributed by atoms with Crippen molar-refractivity contribution in [3.05, 3.63) is 0 Å². The highest BCUT2D eigenvalue weighted by Crippen LogP contribution is 2.24. The highest BCUT2D eigenvalue weighted by Gasteiger charge is 2.28. The molecule has 0 aromatic rings. The van der Waals surface area contributed by atoms with Crippen LogP contribution in [0.15, 0.2) is 0 Å². The number of aliphatic hydroxyl groups excluding tert-OH is 1. The van der Waals surface area contributed by atoms with E-state index in [-0.39, 0.29) is 24.0 Å². The van der Waals surface area contributed by atoms with Crippen molar-refractivity contribution in [3.8, 4) is 0 Å². The summed E-state index contributed by atoms with van der Waals surface area (Å²) < 4.78 is 5.28. The fraction of sp³-hybridized carbons (Fsp3) is 0.909. The Balaban J connectivity index is 1.70. The molecule has 0 aromatic carbocycles. The second-order valence-electron chi connectivity index (χ2n) is 4.51. The minimum atomic E-state index is -0.247. The molecule has 1 amide bonds. The molecule has 0 spiro atoms. The Bertz CT molecular complexity index is 226. The van der Waals surface area contributed by atoms with Crippen LogP contribution in [0.25, 0.3) is 0 Å². The zero-order valence-electron chi connectivity index (χ0n) is 8.95. The number of aliphatic hydroxyl groups is 1. The molecule has 86 valence electrons. The van der Waals surface area contributed by atoms with Crippen LogP contribution in [0.4, 0.5) is 0 Å². The maximum absolute atomic E-state index is 11.6. The average Bonchev–Trinajstić information content (AvgIpc) is 2.85. The van der Waals surface area contributed by atoms with Crippen LogP contribution in [0.3, 0.4) is 0 Å². The quantitative estimate of drug-likeness (QED) is 0.715. The Hall–Kier alpha value is -0.610. The van der Waals surface area contributed by atoms with E-state index in [9.17, 15) is 9.90 Å². The Morgan fingerprint density at radius 1 is 1.33 bits per heavy atom. The highest BCUT2D eigenvalue weighted by molar-refractivity contribution is 5.80. The summed E-state index contributed by atoms with van der Waals surface area (Å²) in [7, 11) is 0. The van der Waals surface area contributed by atoms with Crippen molar-refractivity contribution < 1.29 is 14.6 Å². The third-order valence-electron chi connectivity index (χ3n) is 3.38. The van der Waals surface area contributed by atoms with Gasteiger partial charge in [0.05, 0.1) is 6.10 Å². The number of carbonyl (C=O) groups excluding carboxylic acids is 1. The second-order valence-corrected chi connectivity index (χ2v) is 4.51. The van der Waals surface area contributed by atoms with Gasteiger partial charge in [0.1, 0.15) is 6.10 Å². The summed E-state index contributed by atoms with van der Waals surface area (Å²) in [5.41, 5.74) is 0. The maximum atomic E-state index is 11.6. The van der Waals surface area contributed by atoms with E-state index in [1.165, 1.54) is 0 Å². The predicted molar refractivity (Wildman–Crippen MR) is 55.3 cm³/mol. The van der Waals surface area contributed by atoms with Gasteiger partial charge < -0.3 is 15.2 Å². The summed E-state index contributed by atoms with van der Waals surface area (Å²) in [6, 6.07) is 0. The first kappa shape index (κ1) is 10.9. The predicted octanol–water partition coefficient (Wildman–Crippen LogP) is 0.443. The van der Waals surface area contributed by atoms with Gasteiger partial charge in [0.25, 0.3) is 0 Å². The lowest BCUT2D eigenvalue weighted by atomic mass is 10.1. The number of carbonyl (C=O) groups is 1. The van der Waals surface area contributed by atoms with E-state index in [0.29, 0.717) is 13.2 Å². The van der Waals surface area contributed by atoms with E-state index in [0.717, 1.165) is 32.1 Å². The molecule has 2 rings (SSSR count). The molecule has 1 heterocycles. The van der Waals surface area contributed by atoms with Gasteiger partial charge in [-0.2, -0.15) is 0 Å². The minimum Gasteiger partial charge on any atom is -0.393 e. The molecule has 0 bridgehead atoms. The Kier molecular flexibility index (Phi) is 3.59. The van der Waals surface area contributed by atoms with E-state index in [1.807, 2.05) is 0 Å². The number of nitrogens with one attached hydrogen (secondary N) is 1. The van der Waals surface area contributed by atoms with E-state index < -0.39 is 0 Å². The van der Waals surface area contributed by atoms with Gasteiger partial charge in [0, 0.05) is 19.1 Å². The molecule has 2 N–H and O–H groups in total. The number of ether oxygens (including phenoxy) is 1. The third kappa shape index (κ3) is 2.69. The lowest BCUT2D eigenvalue weighted by Crippen LogP contribution is -2.38. The molecule has 4 nitrogen and oxygen atoms in total.